The van der Waals surface area contributed by atoms with Crippen molar-refractivity contribution in [2.45, 2.75) is 39.2 Å². The Morgan fingerprint density at radius 2 is 1.95 bits per heavy atom. The summed E-state index contributed by atoms with van der Waals surface area (Å²) in [5.41, 5.74) is 7.93. The molecule has 1 aliphatic rings. The van der Waals surface area contributed by atoms with Gasteiger partial charge in [-0.3, -0.25) is 9.69 Å². The summed E-state index contributed by atoms with van der Waals surface area (Å²) in [6, 6.07) is 7.92. The number of nitrogens with two attached hydrogens (primary N) is 1. The molecule has 4 heteroatoms. The number of rotatable bonds is 6. The highest BCUT2D eigenvalue weighted by atomic mass is 16.2. The van der Waals surface area contributed by atoms with Gasteiger partial charge in [0.25, 0.3) is 0 Å². The van der Waals surface area contributed by atoms with E-state index in [1.165, 1.54) is 6.42 Å². The molecule has 2 N–H and O–H groups in total. The monoisotopic (exact) mass is 289 g/mol. The van der Waals surface area contributed by atoms with E-state index in [4.69, 9.17) is 5.73 Å². The van der Waals surface area contributed by atoms with Crippen molar-refractivity contribution in [1.82, 2.24) is 9.80 Å². The van der Waals surface area contributed by atoms with Crippen molar-refractivity contribution >= 4 is 11.6 Å². The smallest absolute Gasteiger partial charge is 0.236 e. The number of hydrogen-bond donors (Lipinski definition) is 1. The molecule has 0 radical (unpaired) electrons. The first-order valence-corrected chi connectivity index (χ1v) is 8.04. The van der Waals surface area contributed by atoms with Crippen LogP contribution in [0.25, 0.3) is 0 Å². The molecule has 1 fully saturated rings. The molecule has 0 bridgehead atoms. The lowest BCUT2D eigenvalue weighted by Crippen LogP contribution is -2.42. The lowest BCUT2D eigenvalue weighted by atomic mass is 10.1. The zero-order valence-corrected chi connectivity index (χ0v) is 13.1. The standard InChI is InChI=1S/C17H27N3O/c1-2-10-19(13-15-8-4-5-9-16(15)18)14-17(21)20-11-6-3-7-12-20/h4-5,8-9H,2-3,6-7,10-14,18H2,1H3. The Kier molecular flexibility index (Phi) is 6.05. The average Bonchev–Trinajstić information content (AvgIpc) is 2.50. The molecule has 0 aliphatic carbocycles. The van der Waals surface area contributed by atoms with Gasteiger partial charge in [-0.05, 0) is 43.9 Å². The lowest BCUT2D eigenvalue weighted by Gasteiger charge is -2.30. The van der Waals surface area contributed by atoms with Gasteiger partial charge in [0.05, 0.1) is 6.54 Å². The van der Waals surface area contributed by atoms with Crippen LogP contribution in [0.2, 0.25) is 0 Å². The van der Waals surface area contributed by atoms with Crippen molar-refractivity contribution in [2.75, 3.05) is 31.9 Å². The third-order valence-corrected chi connectivity index (χ3v) is 4.06. The molecule has 1 aromatic carbocycles. The van der Waals surface area contributed by atoms with Crippen molar-refractivity contribution in [2.24, 2.45) is 0 Å². The highest BCUT2D eigenvalue weighted by molar-refractivity contribution is 5.78. The predicted octanol–water partition coefficient (Wildman–Crippen LogP) is 2.49. The normalized spacial score (nSPS) is 15.4. The summed E-state index contributed by atoms with van der Waals surface area (Å²) < 4.78 is 0. The largest absolute Gasteiger partial charge is 0.398 e. The molecule has 0 aromatic heterocycles. The highest BCUT2D eigenvalue weighted by Crippen LogP contribution is 2.15. The van der Waals surface area contributed by atoms with E-state index in [1.54, 1.807) is 0 Å². The first-order valence-electron chi connectivity index (χ1n) is 8.04. The topological polar surface area (TPSA) is 49.6 Å². The van der Waals surface area contributed by atoms with Crippen LogP contribution in [0.4, 0.5) is 5.69 Å². The summed E-state index contributed by atoms with van der Waals surface area (Å²) in [5.74, 6) is 0.262. The van der Waals surface area contributed by atoms with Gasteiger partial charge < -0.3 is 10.6 Å². The fourth-order valence-electron chi connectivity index (χ4n) is 2.88. The van der Waals surface area contributed by atoms with Crippen molar-refractivity contribution in [3.05, 3.63) is 29.8 Å². The Balaban J connectivity index is 1.95. The summed E-state index contributed by atoms with van der Waals surface area (Å²) in [5, 5.41) is 0. The van der Waals surface area contributed by atoms with E-state index < -0.39 is 0 Å². The quantitative estimate of drug-likeness (QED) is 0.819. The van der Waals surface area contributed by atoms with Crippen LogP contribution < -0.4 is 5.73 Å². The molecule has 1 saturated heterocycles. The number of benzene rings is 1. The van der Waals surface area contributed by atoms with Gasteiger partial charge >= 0.3 is 0 Å². The molecule has 1 aromatic rings. The number of amides is 1. The van der Waals surface area contributed by atoms with Crippen LogP contribution in [0.15, 0.2) is 24.3 Å². The van der Waals surface area contributed by atoms with E-state index in [1.807, 2.05) is 29.2 Å². The molecule has 0 unspecified atom stereocenters. The van der Waals surface area contributed by atoms with E-state index in [2.05, 4.69) is 11.8 Å². The van der Waals surface area contributed by atoms with Crippen LogP contribution in [-0.2, 0) is 11.3 Å². The van der Waals surface area contributed by atoms with Gasteiger partial charge in [0.2, 0.25) is 5.91 Å². The molecular formula is C17H27N3O. The predicted molar refractivity (Wildman–Crippen MR) is 86.9 cm³/mol. The molecule has 1 aliphatic heterocycles. The summed E-state index contributed by atoms with van der Waals surface area (Å²) in [6.45, 7) is 6.17. The van der Waals surface area contributed by atoms with Gasteiger partial charge in [0, 0.05) is 25.3 Å². The number of nitrogen functional groups attached to an aromatic ring is 1. The van der Waals surface area contributed by atoms with Crippen LogP contribution in [-0.4, -0.2) is 41.9 Å². The minimum absolute atomic E-state index is 0.262. The summed E-state index contributed by atoms with van der Waals surface area (Å²) in [6.07, 6.45) is 4.58. The first-order chi connectivity index (χ1) is 10.2. The van der Waals surface area contributed by atoms with E-state index in [0.717, 1.165) is 56.7 Å². The number of hydrogen-bond acceptors (Lipinski definition) is 3. The number of likely N-dealkylation sites (tertiary alicyclic amines) is 1. The Labute approximate surface area is 127 Å². The van der Waals surface area contributed by atoms with Crippen molar-refractivity contribution in [3.63, 3.8) is 0 Å². The van der Waals surface area contributed by atoms with Crippen molar-refractivity contribution < 1.29 is 4.79 Å². The van der Waals surface area contributed by atoms with Gasteiger partial charge in [-0.25, -0.2) is 0 Å². The Morgan fingerprint density at radius 1 is 1.24 bits per heavy atom. The molecule has 4 nitrogen and oxygen atoms in total. The second kappa shape index (κ2) is 8.03. The summed E-state index contributed by atoms with van der Waals surface area (Å²) in [7, 11) is 0. The Hall–Kier alpha value is -1.55. The summed E-state index contributed by atoms with van der Waals surface area (Å²) >= 11 is 0. The zero-order chi connectivity index (χ0) is 15.1. The van der Waals surface area contributed by atoms with Crippen molar-refractivity contribution in [3.8, 4) is 0 Å². The number of anilines is 1. The van der Waals surface area contributed by atoms with E-state index in [-0.39, 0.29) is 5.91 Å². The SMILES string of the molecule is CCCN(CC(=O)N1CCCCC1)Cc1ccccc1N. The van der Waals surface area contributed by atoms with Gasteiger partial charge in [-0.15, -0.1) is 0 Å². The maximum Gasteiger partial charge on any atom is 0.236 e. The molecule has 0 spiro atoms. The van der Waals surface area contributed by atoms with Crippen LogP contribution >= 0.6 is 0 Å². The second-order valence-corrected chi connectivity index (χ2v) is 5.85. The van der Waals surface area contributed by atoms with E-state index in [9.17, 15) is 4.79 Å². The highest BCUT2D eigenvalue weighted by Gasteiger charge is 2.19. The Morgan fingerprint density at radius 3 is 2.62 bits per heavy atom. The minimum atomic E-state index is 0.262. The molecule has 21 heavy (non-hydrogen) atoms. The van der Waals surface area contributed by atoms with Gasteiger partial charge in [-0.2, -0.15) is 0 Å². The molecular weight excluding hydrogens is 262 g/mol. The van der Waals surface area contributed by atoms with Crippen LogP contribution in [0.5, 0.6) is 0 Å². The van der Waals surface area contributed by atoms with Crippen LogP contribution in [0.3, 0.4) is 0 Å². The van der Waals surface area contributed by atoms with E-state index in [0.29, 0.717) is 6.54 Å². The second-order valence-electron chi connectivity index (χ2n) is 5.85. The zero-order valence-electron chi connectivity index (χ0n) is 13.1. The van der Waals surface area contributed by atoms with Gasteiger partial charge in [-0.1, -0.05) is 25.1 Å². The summed E-state index contributed by atoms with van der Waals surface area (Å²) in [4.78, 5) is 16.6. The van der Waals surface area contributed by atoms with Crippen molar-refractivity contribution in [1.29, 1.82) is 0 Å². The van der Waals surface area contributed by atoms with Gasteiger partial charge in [0.15, 0.2) is 0 Å². The number of carbonyl (C=O) groups excluding carboxylic acids is 1. The number of carbonyl (C=O) groups is 1. The van der Waals surface area contributed by atoms with E-state index >= 15 is 0 Å². The Bertz CT molecular complexity index is 455. The molecule has 0 atom stereocenters. The fourth-order valence-corrected chi connectivity index (χ4v) is 2.88. The van der Waals surface area contributed by atoms with Crippen LogP contribution in [0, 0.1) is 0 Å². The molecule has 116 valence electrons. The number of nitrogens with zero attached hydrogens (tertiary/aromatic N) is 2. The average molecular weight is 289 g/mol. The third kappa shape index (κ3) is 4.74. The molecule has 2 rings (SSSR count). The lowest BCUT2D eigenvalue weighted by molar-refractivity contribution is -0.133. The fraction of sp³-hybridized carbons (Fsp3) is 0.588. The third-order valence-electron chi connectivity index (χ3n) is 4.06. The molecule has 1 heterocycles. The molecule has 0 saturated carbocycles. The van der Waals surface area contributed by atoms with Crippen LogP contribution in [0.1, 0.15) is 38.2 Å². The maximum atomic E-state index is 12.4. The number of para-hydroxylation sites is 1. The molecule has 1 amide bonds. The minimum Gasteiger partial charge on any atom is -0.398 e. The maximum absolute atomic E-state index is 12.4. The number of piperidine rings is 1. The van der Waals surface area contributed by atoms with Gasteiger partial charge in [0.1, 0.15) is 0 Å². The first kappa shape index (κ1) is 15.8.